The number of benzene rings is 11. The predicted octanol–water partition coefficient (Wildman–Crippen LogP) is 15.8. The summed E-state index contributed by atoms with van der Waals surface area (Å²) in [5, 5.41) is 12.7. The van der Waals surface area contributed by atoms with Gasteiger partial charge in [0.15, 0.2) is 0 Å². The molecule has 0 saturated carbocycles. The molecule has 0 nitrogen and oxygen atoms in total. The van der Waals surface area contributed by atoms with Crippen LogP contribution in [0.1, 0.15) is 0 Å². The zero-order valence-electron chi connectivity index (χ0n) is 30.8. The molecule has 0 heterocycles. The molecule has 0 aliphatic rings. The molecule has 0 heteroatoms. The van der Waals surface area contributed by atoms with Crippen LogP contribution in [0.15, 0.2) is 218 Å². The molecule has 0 spiro atoms. The summed E-state index contributed by atoms with van der Waals surface area (Å²) in [5.41, 5.74) is 12.2. The Kier molecular flexibility index (Phi) is 7.60. The maximum absolute atomic E-state index is 2.45. The van der Waals surface area contributed by atoms with Gasteiger partial charge in [0.2, 0.25) is 0 Å². The Morgan fingerprint density at radius 3 is 1.14 bits per heavy atom. The predicted molar refractivity (Wildman–Crippen MR) is 241 cm³/mol. The summed E-state index contributed by atoms with van der Waals surface area (Å²) in [6.07, 6.45) is 0. The van der Waals surface area contributed by atoms with Crippen molar-refractivity contribution < 1.29 is 0 Å². The van der Waals surface area contributed by atoms with E-state index in [1.165, 1.54) is 109 Å². The van der Waals surface area contributed by atoms with Gasteiger partial charge in [0, 0.05) is 0 Å². The molecular formula is C56H36. The standard InChI is InChI=1S/C56H36/c1-3-16-37(17-4-1)39-20-15-21-42(34-39)43-32-30-41(40-31-33-48-46-24-8-7-22-44(46)45-23-9-10-25-47(45)53(48)35-40)36-54(43)56-51-28-13-11-26-49(51)55(38-18-5-2-6-19-38)50-27-12-14-29-52(50)56/h1-36H. The average molecular weight is 709 g/mol. The molecule has 0 saturated heterocycles. The molecule has 56 heavy (non-hydrogen) atoms. The first-order valence-corrected chi connectivity index (χ1v) is 19.4. The smallest absolute Gasteiger partial charge is 0.00199 e. The number of rotatable bonds is 5. The lowest BCUT2D eigenvalue weighted by molar-refractivity contribution is 1.57. The van der Waals surface area contributed by atoms with Crippen LogP contribution in [-0.2, 0) is 0 Å². The zero-order chi connectivity index (χ0) is 37.0. The van der Waals surface area contributed by atoms with E-state index in [-0.39, 0.29) is 0 Å². The summed E-state index contributed by atoms with van der Waals surface area (Å²) < 4.78 is 0. The largest absolute Gasteiger partial charge is 0.0622 e. The highest BCUT2D eigenvalue weighted by Crippen LogP contribution is 2.47. The van der Waals surface area contributed by atoms with Crippen molar-refractivity contribution in [2.45, 2.75) is 0 Å². The van der Waals surface area contributed by atoms with E-state index in [1.807, 2.05) is 0 Å². The Morgan fingerprint density at radius 1 is 0.161 bits per heavy atom. The van der Waals surface area contributed by atoms with Gasteiger partial charge in [0.25, 0.3) is 0 Å². The summed E-state index contributed by atoms with van der Waals surface area (Å²) in [6, 6.07) is 80.4. The average Bonchev–Trinajstić information content (AvgIpc) is 3.28. The second-order valence-electron chi connectivity index (χ2n) is 14.8. The molecule has 0 aliphatic carbocycles. The molecule has 0 N–H and O–H groups in total. The quantitative estimate of drug-likeness (QED) is 0.123. The van der Waals surface area contributed by atoms with Crippen LogP contribution in [0.4, 0.5) is 0 Å². The van der Waals surface area contributed by atoms with Crippen LogP contribution in [0.25, 0.3) is 109 Å². The monoisotopic (exact) mass is 708 g/mol. The van der Waals surface area contributed by atoms with E-state index in [9.17, 15) is 0 Å². The third-order valence-electron chi connectivity index (χ3n) is 11.6. The minimum atomic E-state index is 1.20. The van der Waals surface area contributed by atoms with E-state index in [4.69, 9.17) is 0 Å². The Morgan fingerprint density at radius 2 is 0.554 bits per heavy atom. The van der Waals surface area contributed by atoms with Crippen LogP contribution in [0, 0.1) is 0 Å². The first kappa shape index (κ1) is 32.2. The molecule has 0 unspecified atom stereocenters. The van der Waals surface area contributed by atoms with Crippen LogP contribution in [0.3, 0.4) is 0 Å². The van der Waals surface area contributed by atoms with Crippen molar-refractivity contribution in [1.82, 2.24) is 0 Å². The molecule has 11 rings (SSSR count). The minimum Gasteiger partial charge on any atom is -0.0622 e. The van der Waals surface area contributed by atoms with Crippen molar-refractivity contribution in [3.63, 3.8) is 0 Å². The molecule has 11 aromatic rings. The second-order valence-corrected chi connectivity index (χ2v) is 14.8. The second kappa shape index (κ2) is 13.2. The van der Waals surface area contributed by atoms with Crippen molar-refractivity contribution in [3.8, 4) is 55.6 Å². The van der Waals surface area contributed by atoms with Gasteiger partial charge in [-0.25, -0.2) is 0 Å². The third-order valence-corrected chi connectivity index (χ3v) is 11.6. The van der Waals surface area contributed by atoms with Gasteiger partial charge in [0.1, 0.15) is 0 Å². The summed E-state index contributed by atoms with van der Waals surface area (Å²) in [7, 11) is 0. The molecule has 0 bridgehead atoms. The molecule has 0 radical (unpaired) electrons. The Bertz CT molecular complexity index is 3190. The highest BCUT2D eigenvalue weighted by molar-refractivity contribution is 6.26. The first-order valence-electron chi connectivity index (χ1n) is 19.4. The van der Waals surface area contributed by atoms with Gasteiger partial charge >= 0.3 is 0 Å². The van der Waals surface area contributed by atoms with Gasteiger partial charge < -0.3 is 0 Å². The maximum Gasteiger partial charge on any atom is -0.00199 e. The van der Waals surface area contributed by atoms with Crippen molar-refractivity contribution in [3.05, 3.63) is 218 Å². The fourth-order valence-corrected chi connectivity index (χ4v) is 9.10. The highest BCUT2D eigenvalue weighted by atomic mass is 14.2. The van der Waals surface area contributed by atoms with E-state index < -0.39 is 0 Å². The fourth-order valence-electron chi connectivity index (χ4n) is 9.10. The molecule has 0 fully saturated rings. The number of hydrogen-bond donors (Lipinski definition) is 0. The van der Waals surface area contributed by atoms with Gasteiger partial charge in [-0.2, -0.15) is 0 Å². The van der Waals surface area contributed by atoms with Gasteiger partial charge in [-0.3, -0.25) is 0 Å². The summed E-state index contributed by atoms with van der Waals surface area (Å²) in [6.45, 7) is 0. The maximum atomic E-state index is 2.45. The van der Waals surface area contributed by atoms with E-state index >= 15 is 0 Å². The lowest BCUT2D eigenvalue weighted by Gasteiger charge is -2.21. The van der Waals surface area contributed by atoms with E-state index in [0.29, 0.717) is 0 Å². The van der Waals surface area contributed by atoms with Crippen LogP contribution < -0.4 is 0 Å². The molecule has 0 aromatic heterocycles. The Hall–Kier alpha value is -7.28. The van der Waals surface area contributed by atoms with Crippen LogP contribution in [0.2, 0.25) is 0 Å². The molecular weight excluding hydrogens is 673 g/mol. The highest BCUT2D eigenvalue weighted by Gasteiger charge is 2.20. The summed E-state index contributed by atoms with van der Waals surface area (Å²) >= 11 is 0. The van der Waals surface area contributed by atoms with Crippen molar-refractivity contribution in [2.75, 3.05) is 0 Å². The SMILES string of the molecule is c1ccc(-c2cccc(-c3ccc(-c4ccc5c6ccccc6c6ccccc6c5c4)cc3-c3c4ccccc4c(-c4ccccc4)c4ccccc34)c2)cc1. The normalized spacial score (nSPS) is 11.6. The Labute approximate surface area is 326 Å². The van der Waals surface area contributed by atoms with Gasteiger partial charge in [-0.05, 0) is 128 Å². The van der Waals surface area contributed by atoms with Gasteiger partial charge in [-0.15, -0.1) is 0 Å². The molecule has 11 aromatic carbocycles. The summed E-state index contributed by atoms with van der Waals surface area (Å²) in [5.74, 6) is 0. The first-order chi connectivity index (χ1) is 27.8. The van der Waals surface area contributed by atoms with Crippen molar-refractivity contribution >= 4 is 53.9 Å². The molecule has 260 valence electrons. The third kappa shape index (κ3) is 5.22. The molecule has 0 amide bonds. The van der Waals surface area contributed by atoms with Crippen molar-refractivity contribution in [2.24, 2.45) is 0 Å². The summed E-state index contributed by atoms with van der Waals surface area (Å²) in [4.78, 5) is 0. The number of hydrogen-bond acceptors (Lipinski definition) is 0. The van der Waals surface area contributed by atoms with E-state index in [0.717, 1.165) is 0 Å². The van der Waals surface area contributed by atoms with Gasteiger partial charge in [0.05, 0.1) is 0 Å². The van der Waals surface area contributed by atoms with Crippen LogP contribution in [-0.4, -0.2) is 0 Å². The molecule has 0 atom stereocenters. The minimum absolute atomic E-state index is 1.20. The van der Waals surface area contributed by atoms with Crippen molar-refractivity contribution in [1.29, 1.82) is 0 Å². The van der Waals surface area contributed by atoms with Gasteiger partial charge in [-0.1, -0.05) is 200 Å². The van der Waals surface area contributed by atoms with E-state index in [1.54, 1.807) is 0 Å². The van der Waals surface area contributed by atoms with Crippen LogP contribution >= 0.6 is 0 Å². The van der Waals surface area contributed by atoms with E-state index in [2.05, 4.69) is 218 Å². The van der Waals surface area contributed by atoms with Crippen LogP contribution in [0.5, 0.6) is 0 Å². The lowest BCUT2D eigenvalue weighted by Crippen LogP contribution is -1.94. The fraction of sp³-hybridized carbons (Fsp3) is 0. The molecule has 0 aliphatic heterocycles. The Balaban J connectivity index is 1.22. The number of fused-ring (bicyclic) bond motifs is 8. The topological polar surface area (TPSA) is 0 Å². The zero-order valence-corrected chi connectivity index (χ0v) is 30.8. The lowest BCUT2D eigenvalue weighted by atomic mass is 9.82.